The number of hydrogen-bond donors (Lipinski definition) is 1. The molecular formula is C14H26N2. The van der Waals surface area contributed by atoms with Crippen LogP contribution in [0.15, 0.2) is 24.4 Å². The summed E-state index contributed by atoms with van der Waals surface area (Å²) in [5.74, 6) is 6.15. The lowest BCUT2D eigenvalue weighted by molar-refractivity contribution is 0.324. The predicted molar refractivity (Wildman–Crippen MR) is 70.6 cm³/mol. The van der Waals surface area contributed by atoms with Gasteiger partial charge in [-0.05, 0) is 37.5 Å². The van der Waals surface area contributed by atoms with Crippen molar-refractivity contribution in [1.82, 2.24) is 5.01 Å². The lowest BCUT2D eigenvalue weighted by Gasteiger charge is -2.25. The Morgan fingerprint density at radius 1 is 1.44 bits per heavy atom. The molecule has 1 aliphatic carbocycles. The first-order chi connectivity index (χ1) is 7.44. The first-order valence-electron chi connectivity index (χ1n) is 6.30. The molecule has 1 fully saturated rings. The van der Waals surface area contributed by atoms with Crippen molar-refractivity contribution < 1.29 is 0 Å². The van der Waals surface area contributed by atoms with E-state index in [9.17, 15) is 0 Å². The van der Waals surface area contributed by atoms with Crippen LogP contribution in [0.1, 0.15) is 52.9 Å². The Bertz CT molecular complexity index is 256. The van der Waals surface area contributed by atoms with E-state index in [1.54, 1.807) is 0 Å². The topological polar surface area (TPSA) is 29.3 Å². The van der Waals surface area contributed by atoms with Crippen LogP contribution in [0.2, 0.25) is 0 Å². The Labute approximate surface area is 100 Å². The molecule has 0 aromatic heterocycles. The Kier molecular flexibility index (Phi) is 4.60. The fraction of sp³-hybridized carbons (Fsp3) is 0.714. The monoisotopic (exact) mass is 222 g/mol. The van der Waals surface area contributed by atoms with Crippen LogP contribution in [-0.2, 0) is 0 Å². The highest BCUT2D eigenvalue weighted by Crippen LogP contribution is 2.30. The maximum absolute atomic E-state index is 6.15. The zero-order valence-corrected chi connectivity index (χ0v) is 11.0. The van der Waals surface area contributed by atoms with Crippen molar-refractivity contribution in [2.24, 2.45) is 11.3 Å². The molecule has 16 heavy (non-hydrogen) atoms. The SMILES string of the molecule is C=CCCC/C(=C/C(C)(C)C)N(N)C1CC1. The van der Waals surface area contributed by atoms with E-state index in [1.165, 1.54) is 18.5 Å². The minimum atomic E-state index is 0.204. The van der Waals surface area contributed by atoms with E-state index >= 15 is 0 Å². The maximum atomic E-state index is 6.15. The van der Waals surface area contributed by atoms with Gasteiger partial charge in [0.2, 0.25) is 0 Å². The van der Waals surface area contributed by atoms with Gasteiger partial charge in [-0.25, -0.2) is 5.84 Å². The van der Waals surface area contributed by atoms with Crippen molar-refractivity contribution in [2.75, 3.05) is 0 Å². The summed E-state index contributed by atoms with van der Waals surface area (Å²) in [6.07, 6.45) is 10.1. The third kappa shape index (κ3) is 4.84. The van der Waals surface area contributed by atoms with E-state index in [2.05, 4.69) is 33.4 Å². The molecule has 0 radical (unpaired) electrons. The predicted octanol–water partition coefficient (Wildman–Crippen LogP) is 3.61. The van der Waals surface area contributed by atoms with Crippen LogP contribution < -0.4 is 5.84 Å². The number of hydrazine groups is 1. The molecule has 0 saturated heterocycles. The molecule has 0 aliphatic heterocycles. The molecule has 2 N–H and O–H groups in total. The summed E-state index contributed by atoms with van der Waals surface area (Å²) in [7, 11) is 0. The van der Waals surface area contributed by atoms with Gasteiger partial charge in [0.1, 0.15) is 0 Å². The fourth-order valence-corrected chi connectivity index (χ4v) is 1.79. The standard InChI is InChI=1S/C14H26N2/c1-5-6-7-8-13(11-14(2,3)4)16(15)12-9-10-12/h5,11-12H,1,6-10,15H2,2-4H3/b13-11-. The van der Waals surface area contributed by atoms with Gasteiger partial charge in [-0.2, -0.15) is 0 Å². The quantitative estimate of drug-likeness (QED) is 0.322. The summed E-state index contributed by atoms with van der Waals surface area (Å²) < 4.78 is 0. The number of unbranched alkanes of at least 4 members (excludes halogenated alkanes) is 1. The number of nitrogens with two attached hydrogens (primary N) is 1. The number of rotatable bonds is 6. The van der Waals surface area contributed by atoms with Crippen molar-refractivity contribution in [3.05, 3.63) is 24.4 Å². The van der Waals surface area contributed by atoms with Gasteiger partial charge in [-0.15, -0.1) is 6.58 Å². The normalized spacial score (nSPS) is 17.4. The van der Waals surface area contributed by atoms with Crippen molar-refractivity contribution in [3.8, 4) is 0 Å². The van der Waals surface area contributed by atoms with Crippen molar-refractivity contribution in [2.45, 2.75) is 58.9 Å². The number of hydrogen-bond acceptors (Lipinski definition) is 2. The van der Waals surface area contributed by atoms with Gasteiger partial charge in [0, 0.05) is 11.7 Å². The van der Waals surface area contributed by atoms with E-state index in [0.717, 1.165) is 19.3 Å². The van der Waals surface area contributed by atoms with E-state index < -0.39 is 0 Å². The average molecular weight is 222 g/mol. The zero-order valence-electron chi connectivity index (χ0n) is 11.0. The van der Waals surface area contributed by atoms with Crippen LogP contribution in [-0.4, -0.2) is 11.1 Å². The molecule has 0 amide bonds. The largest absolute Gasteiger partial charge is 0.312 e. The molecule has 0 heterocycles. The first kappa shape index (κ1) is 13.3. The molecule has 0 aromatic rings. The lowest BCUT2D eigenvalue weighted by atomic mass is 9.94. The van der Waals surface area contributed by atoms with Crippen LogP contribution in [0.25, 0.3) is 0 Å². The minimum Gasteiger partial charge on any atom is -0.312 e. The summed E-state index contributed by atoms with van der Waals surface area (Å²) in [5.41, 5.74) is 1.51. The second-order valence-corrected chi connectivity index (χ2v) is 5.82. The average Bonchev–Trinajstić information content (AvgIpc) is 2.96. The molecule has 0 atom stereocenters. The molecule has 0 bridgehead atoms. The smallest absolute Gasteiger partial charge is 0.0450 e. The van der Waals surface area contributed by atoms with E-state index in [4.69, 9.17) is 5.84 Å². The van der Waals surface area contributed by atoms with Crippen molar-refractivity contribution in [1.29, 1.82) is 0 Å². The van der Waals surface area contributed by atoms with Gasteiger partial charge in [0.15, 0.2) is 0 Å². The molecule has 0 unspecified atom stereocenters. The van der Waals surface area contributed by atoms with Gasteiger partial charge in [-0.1, -0.05) is 32.9 Å². The Balaban J connectivity index is 2.60. The summed E-state index contributed by atoms with van der Waals surface area (Å²) in [6.45, 7) is 10.4. The molecule has 0 aromatic carbocycles. The van der Waals surface area contributed by atoms with Crippen LogP contribution in [0.5, 0.6) is 0 Å². The third-order valence-electron chi connectivity index (χ3n) is 2.71. The molecule has 1 saturated carbocycles. The maximum Gasteiger partial charge on any atom is 0.0450 e. The van der Waals surface area contributed by atoms with Gasteiger partial charge in [-0.3, -0.25) is 0 Å². The van der Waals surface area contributed by atoms with Crippen LogP contribution in [0.3, 0.4) is 0 Å². The second kappa shape index (κ2) is 5.53. The molecule has 2 nitrogen and oxygen atoms in total. The van der Waals surface area contributed by atoms with Crippen molar-refractivity contribution >= 4 is 0 Å². The van der Waals surface area contributed by atoms with Crippen LogP contribution >= 0.6 is 0 Å². The van der Waals surface area contributed by atoms with E-state index in [1.807, 2.05) is 11.1 Å². The van der Waals surface area contributed by atoms with Crippen LogP contribution in [0, 0.1) is 5.41 Å². The lowest BCUT2D eigenvalue weighted by Crippen LogP contribution is -2.33. The molecule has 1 aliphatic rings. The second-order valence-electron chi connectivity index (χ2n) is 5.82. The summed E-state index contributed by atoms with van der Waals surface area (Å²) in [5, 5.41) is 1.99. The van der Waals surface area contributed by atoms with Gasteiger partial charge >= 0.3 is 0 Å². The molecule has 1 rings (SSSR count). The molecule has 92 valence electrons. The Morgan fingerprint density at radius 2 is 2.06 bits per heavy atom. The van der Waals surface area contributed by atoms with Gasteiger partial charge in [0.05, 0.1) is 0 Å². The van der Waals surface area contributed by atoms with Gasteiger partial charge in [0.25, 0.3) is 0 Å². The van der Waals surface area contributed by atoms with Gasteiger partial charge < -0.3 is 5.01 Å². The first-order valence-corrected chi connectivity index (χ1v) is 6.30. The third-order valence-corrected chi connectivity index (χ3v) is 2.71. The zero-order chi connectivity index (χ0) is 12.2. The highest BCUT2D eigenvalue weighted by molar-refractivity contribution is 5.08. The Morgan fingerprint density at radius 3 is 2.50 bits per heavy atom. The summed E-state index contributed by atoms with van der Waals surface area (Å²) in [6, 6.07) is 0.595. The van der Waals surface area contributed by atoms with Crippen molar-refractivity contribution in [3.63, 3.8) is 0 Å². The summed E-state index contributed by atoms with van der Waals surface area (Å²) in [4.78, 5) is 0. The molecule has 2 heteroatoms. The summed E-state index contributed by atoms with van der Waals surface area (Å²) >= 11 is 0. The van der Waals surface area contributed by atoms with E-state index in [-0.39, 0.29) is 5.41 Å². The number of allylic oxidation sites excluding steroid dienone is 3. The molecular weight excluding hydrogens is 196 g/mol. The minimum absolute atomic E-state index is 0.204. The fourth-order valence-electron chi connectivity index (χ4n) is 1.79. The highest BCUT2D eigenvalue weighted by Gasteiger charge is 2.28. The highest BCUT2D eigenvalue weighted by atomic mass is 15.4. The molecule has 0 spiro atoms. The van der Waals surface area contributed by atoms with Crippen LogP contribution in [0.4, 0.5) is 0 Å². The number of nitrogens with zero attached hydrogens (tertiary/aromatic N) is 1. The van der Waals surface area contributed by atoms with E-state index in [0.29, 0.717) is 6.04 Å². The Hall–Kier alpha value is -0.760.